The lowest BCUT2D eigenvalue weighted by atomic mass is 9.65. The molecule has 6 bridgehead atoms. The molecule has 81 heavy (non-hydrogen) atoms. The number of carbonyl (C=O) groups excluding carboxylic acids is 2. The van der Waals surface area contributed by atoms with E-state index < -0.39 is 18.2 Å². The Labute approximate surface area is 483 Å². The van der Waals surface area contributed by atoms with Crippen LogP contribution in [0.15, 0.2) is 84.1 Å². The van der Waals surface area contributed by atoms with Gasteiger partial charge in [0.2, 0.25) is 0 Å². The Hall–Kier alpha value is -5.82. The molecule has 4 aromatic rings. The smallest absolute Gasteiger partial charge is 0.302 e. The fourth-order valence-electron chi connectivity index (χ4n) is 16.4. The number of esters is 1. The summed E-state index contributed by atoms with van der Waals surface area (Å²) in [5.74, 6) is 11.2. The van der Waals surface area contributed by atoms with E-state index in [2.05, 4.69) is 88.5 Å². The molecule has 6 heterocycles. The first-order valence-electron chi connectivity index (χ1n) is 29.9. The molecule has 7 N–H and O–H groups in total. The molecule has 12 nitrogen and oxygen atoms in total. The average molecular weight is 1130 g/mol. The summed E-state index contributed by atoms with van der Waals surface area (Å²) >= 11 is 0. The molecule has 13 atom stereocenters. The number of nitrogens with one attached hydrogen (secondary N) is 3. The minimum absolute atomic E-state index is 0.00157. The maximum atomic E-state index is 13.7. The van der Waals surface area contributed by atoms with E-state index in [9.17, 15) is 19.8 Å². The number of ether oxygens (including phenoxy) is 4. The summed E-state index contributed by atoms with van der Waals surface area (Å²) in [6.45, 7) is 1.53. The predicted octanol–water partition coefficient (Wildman–Crippen LogP) is 11.3. The zero-order valence-electron chi connectivity index (χ0n) is 46.4. The number of allylic oxidation sites excluding steroid dienone is 3. The molecular formula is C67H74N4O8S2. The molecule has 422 valence electrons. The van der Waals surface area contributed by atoms with E-state index >= 15 is 0 Å². The van der Waals surface area contributed by atoms with Crippen LogP contribution in [0.4, 0.5) is 0 Å². The van der Waals surface area contributed by atoms with Crippen molar-refractivity contribution in [2.45, 2.75) is 169 Å². The van der Waals surface area contributed by atoms with Crippen LogP contribution in [0.5, 0.6) is 28.7 Å². The number of aromatic hydroxyl groups is 2. The van der Waals surface area contributed by atoms with Gasteiger partial charge in [-0.1, -0.05) is 94.6 Å². The van der Waals surface area contributed by atoms with Crippen LogP contribution in [0.1, 0.15) is 153 Å². The molecule has 5 fully saturated rings. The summed E-state index contributed by atoms with van der Waals surface area (Å²) in [6, 6.07) is 18.6. The Balaban J connectivity index is 1.02. The summed E-state index contributed by atoms with van der Waals surface area (Å²) in [6.07, 6.45) is 20.4. The fourth-order valence-corrected chi connectivity index (χ4v) is 19.6. The minimum Gasteiger partial charge on any atom is -0.508 e. The maximum Gasteiger partial charge on any atom is 0.302 e. The lowest BCUT2D eigenvalue weighted by Gasteiger charge is -2.41. The topological polar surface area (TPSA) is 174 Å². The van der Waals surface area contributed by atoms with Crippen LogP contribution < -0.4 is 35.9 Å². The van der Waals surface area contributed by atoms with E-state index in [0.29, 0.717) is 60.8 Å². The molecule has 0 radical (unpaired) electrons. The second-order valence-corrected chi connectivity index (χ2v) is 27.7. The quantitative estimate of drug-likeness (QED) is 0.0612. The molecule has 14 heteroatoms. The van der Waals surface area contributed by atoms with Gasteiger partial charge in [-0.2, -0.15) is 0 Å². The van der Waals surface area contributed by atoms with E-state index in [1.807, 2.05) is 33.7 Å². The molecule has 10 aliphatic rings. The molecule has 0 aromatic heterocycles. The standard InChI is InChI=1S/C67H74N4O8S2/c1-36(72)77-34-50-46-17-18-48-58-42(30-45(74)31-55(58)76-2)33-67-25-24-38(32-67)26-40-15-23-57(68)71-51(40)13-7-12-47-59(63(50)78-64(46)61(48)67)49-19-22-54-66(79-65(49)62(75)60(47)53-20-14-41-29-44(73)16-21-52(41)70-53)56(28-37-8-4-3-5-9-37)81-80-35-39-10-6-11-43(27-39)69-54/h3-5,8-9,15,17-19,22-23,30-31,38-39,41,43,50,52-54,56-57,63,66,69-71,74-75H,6,10-12,14,16,20-21,24-29,32-35,68H2,1-2H3/t38-,39-,41+,43-,50-,52-,53+,54+,56+,57?,63-,66+,67+/m0/s1. The summed E-state index contributed by atoms with van der Waals surface area (Å²) in [7, 11) is 5.56. The number of nitrogens with two attached hydrogens (primary N) is 1. The second kappa shape index (κ2) is 21.7. The molecule has 2 saturated heterocycles. The molecule has 3 saturated carbocycles. The number of ketones is 1. The van der Waals surface area contributed by atoms with Crippen LogP contribution in [0.2, 0.25) is 0 Å². The van der Waals surface area contributed by atoms with E-state index in [1.165, 1.54) is 25.3 Å². The fraction of sp³-hybridized carbons (Fsp3) is 0.493. The van der Waals surface area contributed by atoms with Gasteiger partial charge in [0, 0.05) is 94.9 Å². The van der Waals surface area contributed by atoms with E-state index in [-0.39, 0.29) is 71.3 Å². The average Bonchev–Trinajstić information content (AvgIpc) is 2.88. The minimum atomic E-state index is -0.719. The third-order valence-electron chi connectivity index (χ3n) is 20.0. The van der Waals surface area contributed by atoms with Gasteiger partial charge < -0.3 is 50.8 Å². The summed E-state index contributed by atoms with van der Waals surface area (Å²) in [5.41, 5.74) is 17.8. The number of methoxy groups -OCH3 is 1. The Morgan fingerprint density at radius 1 is 0.951 bits per heavy atom. The number of piperidine rings is 1. The molecule has 14 rings (SSSR count). The molecule has 1 unspecified atom stereocenters. The molecule has 6 aliphatic heterocycles. The predicted molar refractivity (Wildman–Crippen MR) is 318 cm³/mol. The highest BCUT2D eigenvalue weighted by Crippen LogP contribution is 2.64. The van der Waals surface area contributed by atoms with Gasteiger partial charge in [-0.05, 0) is 141 Å². The van der Waals surface area contributed by atoms with Crippen LogP contribution in [-0.2, 0) is 39.0 Å². The van der Waals surface area contributed by atoms with Crippen LogP contribution in [-0.4, -0.2) is 77.1 Å². The number of dihydropyridines is 1. The highest BCUT2D eigenvalue weighted by atomic mass is 33.1. The van der Waals surface area contributed by atoms with Gasteiger partial charge >= 0.3 is 5.97 Å². The summed E-state index contributed by atoms with van der Waals surface area (Å²) in [5, 5.41) is 36.7. The zero-order chi connectivity index (χ0) is 55.1. The number of hydrogen-bond donors (Lipinski definition) is 6. The van der Waals surface area contributed by atoms with Gasteiger partial charge in [0.15, 0.2) is 11.5 Å². The Bertz CT molecular complexity index is 3350. The van der Waals surface area contributed by atoms with Crippen molar-refractivity contribution in [2.24, 2.45) is 23.5 Å². The van der Waals surface area contributed by atoms with Gasteiger partial charge in [0.05, 0.1) is 36.2 Å². The van der Waals surface area contributed by atoms with Crippen molar-refractivity contribution in [2.75, 3.05) is 19.5 Å². The van der Waals surface area contributed by atoms with Crippen LogP contribution >= 0.6 is 21.6 Å². The first kappa shape index (κ1) is 53.2. The van der Waals surface area contributed by atoms with Gasteiger partial charge in [0.25, 0.3) is 0 Å². The molecule has 0 amide bonds. The Morgan fingerprint density at radius 2 is 1.84 bits per heavy atom. The van der Waals surface area contributed by atoms with Gasteiger partial charge in [-0.15, -0.1) is 0 Å². The number of phenolic OH excluding ortho intramolecular Hbond substituents is 2. The van der Waals surface area contributed by atoms with Crippen molar-refractivity contribution in [3.8, 4) is 51.7 Å². The first-order valence-corrected chi connectivity index (χ1v) is 32.3. The van der Waals surface area contributed by atoms with Crippen molar-refractivity contribution >= 4 is 39.4 Å². The highest BCUT2D eigenvalue weighted by Gasteiger charge is 2.52. The van der Waals surface area contributed by atoms with E-state index in [4.69, 9.17) is 24.7 Å². The molecular weight excluding hydrogens is 1050 g/mol. The van der Waals surface area contributed by atoms with E-state index in [0.717, 1.165) is 131 Å². The number of hydrogen-bond acceptors (Lipinski definition) is 14. The number of rotatable bonds is 6. The van der Waals surface area contributed by atoms with Crippen molar-refractivity contribution in [1.29, 1.82) is 0 Å². The normalized spacial score (nSPS) is 32.4. The SMILES string of the molecule is COc1cc(O)cc2c1-c1ccc3c4c1[C@@]1(CC[C@@H](CC5=C(C#CCc6c(c7c(c(O)c6[C@H]6CC[C@@H]8CC(=O)CC[C@@H]8N6)O[C@@H]6[C@@H](C=C7)N[C@H]7CCC[C@H](CSS[C@@H]6Cc6ccccc6)C7)[C@@H](O4)[C@H]3COC(C)=O)NC(N)C=C5)C1)C2. The van der Waals surface area contributed by atoms with Crippen molar-refractivity contribution in [3.63, 3.8) is 0 Å². The monoisotopic (exact) mass is 1130 g/mol. The summed E-state index contributed by atoms with van der Waals surface area (Å²) in [4.78, 5) is 26.2. The van der Waals surface area contributed by atoms with Gasteiger partial charge in [-0.25, -0.2) is 0 Å². The Morgan fingerprint density at radius 3 is 2.70 bits per heavy atom. The number of carbonyl (C=O) groups is 2. The zero-order valence-corrected chi connectivity index (χ0v) is 48.0. The lowest BCUT2D eigenvalue weighted by Crippen LogP contribution is -2.52. The Kier molecular flexibility index (Phi) is 14.3. The third kappa shape index (κ3) is 9.84. The van der Waals surface area contributed by atoms with Crippen LogP contribution in [0.3, 0.4) is 0 Å². The number of benzene rings is 4. The second-order valence-electron chi connectivity index (χ2n) is 25.0. The van der Waals surface area contributed by atoms with Crippen molar-refractivity contribution in [3.05, 3.63) is 129 Å². The van der Waals surface area contributed by atoms with Crippen molar-refractivity contribution in [1.82, 2.24) is 16.0 Å². The lowest BCUT2D eigenvalue weighted by molar-refractivity contribution is -0.142. The van der Waals surface area contributed by atoms with E-state index in [1.54, 1.807) is 13.2 Å². The van der Waals surface area contributed by atoms with Crippen LogP contribution in [0.25, 0.3) is 17.2 Å². The molecule has 4 aromatic carbocycles. The number of fused-ring (bicyclic) bond motifs is 12. The van der Waals surface area contributed by atoms with Gasteiger partial charge in [0.1, 0.15) is 41.8 Å². The number of Topliss-reactive ketones (excluding diaryl/α,β-unsaturated/α-hetero) is 1. The molecule has 1 spiro atoms. The first-order chi connectivity index (χ1) is 39.5. The maximum absolute atomic E-state index is 13.7. The number of phenols is 2. The highest BCUT2D eigenvalue weighted by molar-refractivity contribution is 8.77. The third-order valence-corrected chi connectivity index (χ3v) is 23.0. The largest absolute Gasteiger partial charge is 0.508 e. The van der Waals surface area contributed by atoms with Crippen molar-refractivity contribution < 1.29 is 38.7 Å². The van der Waals surface area contributed by atoms with Gasteiger partial charge in [-0.3, -0.25) is 9.59 Å². The molecule has 4 aliphatic carbocycles. The summed E-state index contributed by atoms with van der Waals surface area (Å²) < 4.78 is 28.1. The van der Waals surface area contributed by atoms with Crippen LogP contribution in [0, 0.1) is 29.6 Å².